The van der Waals surface area contributed by atoms with Gasteiger partial charge in [-0.1, -0.05) is 0 Å². The van der Waals surface area contributed by atoms with Gasteiger partial charge in [-0.25, -0.2) is 4.39 Å². The quantitative estimate of drug-likeness (QED) is 0.363. The summed E-state index contributed by atoms with van der Waals surface area (Å²) in [6, 6.07) is 7.74. The number of nitrogens with two attached hydrogens (primary N) is 1. The number of hydrogen-bond acceptors (Lipinski definition) is 8. The molecule has 0 aliphatic carbocycles. The van der Waals surface area contributed by atoms with Gasteiger partial charge in [0.25, 0.3) is 0 Å². The van der Waals surface area contributed by atoms with Crippen molar-refractivity contribution in [3.05, 3.63) is 42.3 Å². The molecule has 2 aromatic carbocycles. The lowest BCUT2D eigenvalue weighted by Crippen LogP contribution is -2.25. The van der Waals surface area contributed by atoms with E-state index in [-0.39, 0.29) is 5.75 Å². The first-order chi connectivity index (χ1) is 16.1. The molecule has 8 nitrogen and oxygen atoms in total. The number of benzene rings is 2. The Bertz CT molecular complexity index is 1110. The van der Waals surface area contributed by atoms with Crippen LogP contribution in [0.3, 0.4) is 0 Å². The second-order valence-corrected chi connectivity index (χ2v) is 7.72. The van der Waals surface area contributed by atoms with Crippen molar-refractivity contribution in [1.29, 1.82) is 0 Å². The molecular formula is C24H28FN3O5. The highest BCUT2D eigenvalue weighted by Crippen LogP contribution is 2.48. The van der Waals surface area contributed by atoms with E-state index in [4.69, 9.17) is 29.4 Å². The minimum absolute atomic E-state index is 0.0556. The minimum Gasteiger partial charge on any atom is -0.489 e. The molecule has 0 spiro atoms. The molecule has 0 radical (unpaired) electrons. The maximum Gasteiger partial charge on any atom is 0.204 e. The Morgan fingerprint density at radius 1 is 1.03 bits per heavy atom. The van der Waals surface area contributed by atoms with Crippen molar-refractivity contribution in [1.82, 2.24) is 9.88 Å². The summed E-state index contributed by atoms with van der Waals surface area (Å²) in [4.78, 5) is 6.63. The molecule has 0 saturated carbocycles. The number of aromatic nitrogens is 1. The number of pyridine rings is 1. The highest BCUT2D eigenvalue weighted by Gasteiger charge is 2.25. The number of rotatable bonds is 10. The van der Waals surface area contributed by atoms with E-state index < -0.39 is 5.82 Å². The van der Waals surface area contributed by atoms with Crippen LogP contribution >= 0.6 is 0 Å². The van der Waals surface area contributed by atoms with Gasteiger partial charge >= 0.3 is 0 Å². The van der Waals surface area contributed by atoms with E-state index >= 15 is 0 Å². The molecular weight excluding hydrogens is 429 g/mol. The molecule has 9 heteroatoms. The number of halogens is 1. The van der Waals surface area contributed by atoms with E-state index in [0.717, 1.165) is 19.5 Å². The fraction of sp³-hybridized carbons (Fsp3) is 0.375. The van der Waals surface area contributed by atoms with Gasteiger partial charge < -0.3 is 34.3 Å². The largest absolute Gasteiger partial charge is 0.489 e. The molecule has 33 heavy (non-hydrogen) atoms. The molecule has 0 amide bonds. The first-order valence-corrected chi connectivity index (χ1v) is 10.8. The monoisotopic (exact) mass is 457 g/mol. The molecule has 4 rings (SSSR count). The summed E-state index contributed by atoms with van der Waals surface area (Å²) in [5.41, 5.74) is 6.56. The first kappa shape index (κ1) is 22.9. The van der Waals surface area contributed by atoms with Crippen LogP contribution in [0.5, 0.6) is 28.7 Å². The summed E-state index contributed by atoms with van der Waals surface area (Å²) in [5, 5.41) is 0.593. The van der Waals surface area contributed by atoms with Crippen LogP contribution in [0.25, 0.3) is 10.9 Å². The predicted octanol–water partition coefficient (Wildman–Crippen LogP) is 3.87. The second kappa shape index (κ2) is 10.5. The van der Waals surface area contributed by atoms with E-state index in [1.54, 1.807) is 31.5 Å². The molecule has 2 N–H and O–H groups in total. The molecule has 1 aromatic heterocycles. The van der Waals surface area contributed by atoms with Crippen LogP contribution in [0.4, 0.5) is 10.1 Å². The van der Waals surface area contributed by atoms with Gasteiger partial charge in [0.05, 0.1) is 24.1 Å². The Morgan fingerprint density at radius 3 is 2.64 bits per heavy atom. The molecule has 0 saturated heterocycles. The molecule has 0 atom stereocenters. The SMILES string of the molecule is COCCN(C)CCCOc1cc2nccc(Oc3ccc(N)cc3F)c2c2c1OCCO2. The molecule has 1 aliphatic heterocycles. The van der Waals surface area contributed by atoms with Crippen molar-refractivity contribution in [2.45, 2.75) is 6.42 Å². The zero-order chi connectivity index (χ0) is 23.2. The summed E-state index contributed by atoms with van der Waals surface area (Å²) >= 11 is 0. The number of likely N-dealkylation sites (N-methyl/N-ethyl adjacent to an activating group) is 1. The van der Waals surface area contributed by atoms with Gasteiger partial charge in [-0.05, 0) is 31.7 Å². The average molecular weight is 458 g/mol. The minimum atomic E-state index is -0.554. The number of fused-ring (bicyclic) bond motifs is 3. The van der Waals surface area contributed by atoms with Crippen LogP contribution in [0.1, 0.15) is 6.42 Å². The van der Waals surface area contributed by atoms with Gasteiger partial charge in [0.15, 0.2) is 23.1 Å². The topological polar surface area (TPSA) is 88.3 Å². The van der Waals surface area contributed by atoms with Crippen LogP contribution in [-0.4, -0.2) is 63.6 Å². The highest BCUT2D eigenvalue weighted by atomic mass is 19.1. The van der Waals surface area contributed by atoms with E-state index in [2.05, 4.69) is 9.88 Å². The lowest BCUT2D eigenvalue weighted by molar-refractivity contribution is 0.153. The summed E-state index contributed by atoms with van der Waals surface area (Å²) in [5.74, 6) is 1.43. The number of hydrogen-bond donors (Lipinski definition) is 1. The second-order valence-electron chi connectivity index (χ2n) is 7.72. The molecule has 0 unspecified atom stereocenters. The van der Waals surface area contributed by atoms with Gasteiger partial charge in [-0.2, -0.15) is 0 Å². The lowest BCUT2D eigenvalue weighted by atomic mass is 10.1. The zero-order valence-corrected chi connectivity index (χ0v) is 18.8. The first-order valence-electron chi connectivity index (χ1n) is 10.8. The maximum absolute atomic E-state index is 14.3. The highest BCUT2D eigenvalue weighted by molar-refractivity contribution is 5.95. The molecule has 0 fully saturated rings. The number of anilines is 1. The van der Waals surface area contributed by atoms with Crippen LogP contribution in [0, 0.1) is 5.82 Å². The van der Waals surface area contributed by atoms with Crippen molar-refractivity contribution in [3.8, 4) is 28.7 Å². The third-order valence-corrected chi connectivity index (χ3v) is 5.24. The Kier molecular flexibility index (Phi) is 7.31. The van der Waals surface area contributed by atoms with E-state index in [1.165, 1.54) is 12.1 Å². The normalized spacial score (nSPS) is 12.8. The zero-order valence-electron chi connectivity index (χ0n) is 18.8. The number of nitrogens with zero attached hydrogens (tertiary/aromatic N) is 2. The average Bonchev–Trinajstić information content (AvgIpc) is 2.82. The van der Waals surface area contributed by atoms with E-state index in [0.29, 0.717) is 66.0 Å². The number of methoxy groups -OCH3 is 1. The van der Waals surface area contributed by atoms with Crippen molar-refractivity contribution in [2.24, 2.45) is 0 Å². The van der Waals surface area contributed by atoms with Crippen molar-refractivity contribution in [2.75, 3.05) is 59.4 Å². The van der Waals surface area contributed by atoms with Gasteiger partial charge in [0.2, 0.25) is 5.75 Å². The van der Waals surface area contributed by atoms with Crippen LogP contribution in [0.2, 0.25) is 0 Å². The fourth-order valence-corrected chi connectivity index (χ4v) is 3.56. The maximum atomic E-state index is 14.3. The Morgan fingerprint density at radius 2 is 1.85 bits per heavy atom. The van der Waals surface area contributed by atoms with Crippen molar-refractivity contribution in [3.63, 3.8) is 0 Å². The Hall–Kier alpha value is -3.30. The Balaban J connectivity index is 1.58. The molecule has 3 aromatic rings. The summed E-state index contributed by atoms with van der Waals surface area (Å²) in [6.07, 6.45) is 2.43. The van der Waals surface area contributed by atoms with Gasteiger partial charge in [-0.3, -0.25) is 4.98 Å². The molecule has 176 valence electrons. The molecule has 2 heterocycles. The van der Waals surface area contributed by atoms with Crippen LogP contribution in [0.15, 0.2) is 36.5 Å². The van der Waals surface area contributed by atoms with E-state index in [1.807, 2.05) is 7.05 Å². The number of ether oxygens (including phenoxy) is 5. The van der Waals surface area contributed by atoms with Gasteiger partial charge in [-0.15, -0.1) is 0 Å². The van der Waals surface area contributed by atoms with Gasteiger partial charge in [0.1, 0.15) is 19.0 Å². The standard InChI is InChI=1S/C24H28FN3O5/c1-28(9-11-29-2)8-3-10-30-21-15-18-22(24-23(21)31-12-13-32-24)20(6-7-27-18)33-19-5-4-16(26)14-17(19)25/h4-7,14-15H,3,8-13,26H2,1-2H3. The summed E-state index contributed by atoms with van der Waals surface area (Å²) in [6.45, 7) is 3.71. The van der Waals surface area contributed by atoms with Crippen molar-refractivity contribution >= 4 is 16.6 Å². The van der Waals surface area contributed by atoms with E-state index in [9.17, 15) is 4.39 Å². The molecule has 1 aliphatic rings. The Labute approximate surface area is 192 Å². The fourth-order valence-electron chi connectivity index (χ4n) is 3.56. The third kappa shape index (κ3) is 5.37. The lowest BCUT2D eigenvalue weighted by Gasteiger charge is -2.24. The third-order valence-electron chi connectivity index (χ3n) is 5.24. The summed E-state index contributed by atoms with van der Waals surface area (Å²) in [7, 11) is 3.74. The summed E-state index contributed by atoms with van der Waals surface area (Å²) < 4.78 is 43.2. The van der Waals surface area contributed by atoms with Crippen LogP contribution < -0.4 is 24.7 Å². The van der Waals surface area contributed by atoms with Gasteiger partial charge in [0, 0.05) is 44.2 Å². The molecule has 0 bridgehead atoms. The predicted molar refractivity (Wildman–Crippen MR) is 123 cm³/mol. The van der Waals surface area contributed by atoms with Crippen molar-refractivity contribution < 1.29 is 28.1 Å². The smallest absolute Gasteiger partial charge is 0.204 e. The number of nitrogen functional groups attached to an aromatic ring is 1. The van der Waals surface area contributed by atoms with Crippen LogP contribution in [-0.2, 0) is 4.74 Å².